The molecular formula is C23H18N4O8. The maximum absolute atomic E-state index is 13.4. The molecule has 2 atom stereocenters. The van der Waals surface area contributed by atoms with Crippen molar-refractivity contribution in [2.75, 3.05) is 6.54 Å². The second-order valence-corrected chi connectivity index (χ2v) is 8.04. The second-order valence-electron chi connectivity index (χ2n) is 8.04. The van der Waals surface area contributed by atoms with Gasteiger partial charge in [-0.25, -0.2) is 5.01 Å². The smallest absolute Gasteiger partial charge is 0.273 e. The van der Waals surface area contributed by atoms with Gasteiger partial charge >= 0.3 is 0 Å². The fourth-order valence-electron chi connectivity index (χ4n) is 4.15. The average Bonchev–Trinajstić information content (AvgIpc) is 3.12. The first-order valence-electron chi connectivity index (χ1n) is 10.6. The molecular weight excluding hydrogens is 460 g/mol. The molecule has 35 heavy (non-hydrogen) atoms. The summed E-state index contributed by atoms with van der Waals surface area (Å²) in [5.74, 6) is -4.27. The first kappa shape index (κ1) is 23.4. The Labute approximate surface area is 197 Å². The minimum atomic E-state index is -0.947. The normalized spacial score (nSPS) is 18.8. The van der Waals surface area contributed by atoms with E-state index in [1.807, 2.05) is 0 Å². The van der Waals surface area contributed by atoms with Gasteiger partial charge in [-0.3, -0.25) is 39.4 Å². The molecule has 3 amide bonds. The number of amides is 3. The Morgan fingerprint density at radius 2 is 1.43 bits per heavy atom. The summed E-state index contributed by atoms with van der Waals surface area (Å²) in [7, 11) is 0. The van der Waals surface area contributed by atoms with E-state index in [2.05, 4.69) is 0 Å². The van der Waals surface area contributed by atoms with Gasteiger partial charge in [0, 0.05) is 35.4 Å². The molecule has 1 aliphatic heterocycles. The summed E-state index contributed by atoms with van der Waals surface area (Å²) in [4.78, 5) is 73.4. The molecule has 4 rings (SSSR count). The number of carbonyl (C=O) groups is 4. The van der Waals surface area contributed by atoms with Gasteiger partial charge in [0.05, 0.1) is 21.7 Å². The number of nitro groups is 2. The van der Waals surface area contributed by atoms with E-state index in [0.29, 0.717) is 22.9 Å². The monoisotopic (exact) mass is 478 g/mol. The molecule has 1 fully saturated rings. The number of hydrazine groups is 1. The zero-order valence-electron chi connectivity index (χ0n) is 18.1. The summed E-state index contributed by atoms with van der Waals surface area (Å²) < 4.78 is 0. The molecule has 12 heteroatoms. The first-order valence-corrected chi connectivity index (χ1v) is 10.6. The molecule has 2 aromatic carbocycles. The van der Waals surface area contributed by atoms with E-state index in [4.69, 9.17) is 0 Å². The van der Waals surface area contributed by atoms with Crippen LogP contribution >= 0.6 is 0 Å². The van der Waals surface area contributed by atoms with E-state index in [1.165, 1.54) is 30.3 Å². The van der Waals surface area contributed by atoms with Crippen LogP contribution in [-0.4, -0.2) is 49.9 Å². The molecule has 0 spiro atoms. The largest absolute Gasteiger partial charge is 0.292 e. The lowest BCUT2D eigenvalue weighted by Gasteiger charge is -2.30. The van der Waals surface area contributed by atoms with Crippen molar-refractivity contribution in [3.05, 3.63) is 92.0 Å². The number of hydrogen-bond acceptors (Lipinski definition) is 8. The van der Waals surface area contributed by atoms with Gasteiger partial charge in [-0.05, 0) is 31.0 Å². The minimum absolute atomic E-state index is 0.0191. The highest BCUT2D eigenvalue weighted by Gasteiger charge is 2.51. The van der Waals surface area contributed by atoms with Crippen LogP contribution in [0.2, 0.25) is 0 Å². The summed E-state index contributed by atoms with van der Waals surface area (Å²) in [5, 5.41) is 23.4. The fourth-order valence-corrected chi connectivity index (χ4v) is 4.15. The standard InChI is InChI=1S/C23H18N4O8/c28-20(14-8-10-16(11-9-14)26(32)33)13-24(21(29)15-4-3-5-17(12-15)27(34)35)25-22(30)18-6-1-2-7-19(18)23(25)31/h1-5,8-12,18-19H,6-7,13H2/t18-,19-/m0/s1. The first-order chi connectivity index (χ1) is 16.7. The minimum Gasteiger partial charge on any atom is -0.292 e. The fraction of sp³-hybridized carbons (Fsp3) is 0.217. The van der Waals surface area contributed by atoms with Crippen LogP contribution in [0, 0.1) is 32.1 Å². The maximum atomic E-state index is 13.4. The molecule has 0 saturated carbocycles. The third-order valence-electron chi connectivity index (χ3n) is 5.96. The highest BCUT2D eigenvalue weighted by molar-refractivity contribution is 6.09. The number of ketones is 1. The van der Waals surface area contributed by atoms with Crippen molar-refractivity contribution < 1.29 is 29.0 Å². The Morgan fingerprint density at radius 1 is 0.857 bits per heavy atom. The summed E-state index contributed by atoms with van der Waals surface area (Å²) in [6.07, 6.45) is 4.15. The zero-order chi connectivity index (χ0) is 25.3. The number of nitro benzene ring substituents is 2. The molecule has 0 aromatic heterocycles. The lowest BCUT2D eigenvalue weighted by Crippen LogP contribution is -2.52. The Balaban J connectivity index is 1.70. The maximum Gasteiger partial charge on any atom is 0.273 e. The summed E-state index contributed by atoms with van der Waals surface area (Å²) >= 11 is 0. The number of Topliss-reactive ketones (excluding diaryl/α,β-unsaturated/α-hetero) is 1. The van der Waals surface area contributed by atoms with Crippen LogP contribution in [0.25, 0.3) is 0 Å². The van der Waals surface area contributed by atoms with Crippen molar-refractivity contribution in [3.8, 4) is 0 Å². The van der Waals surface area contributed by atoms with Crippen molar-refractivity contribution in [2.45, 2.75) is 12.8 Å². The highest BCUT2D eigenvalue weighted by atomic mass is 16.6. The number of benzene rings is 2. The van der Waals surface area contributed by atoms with E-state index in [0.717, 1.165) is 18.2 Å². The van der Waals surface area contributed by atoms with Crippen molar-refractivity contribution in [1.82, 2.24) is 10.0 Å². The number of carbonyl (C=O) groups excluding carboxylic acids is 4. The number of imide groups is 1. The van der Waals surface area contributed by atoms with E-state index < -0.39 is 51.7 Å². The van der Waals surface area contributed by atoms with Gasteiger partial charge < -0.3 is 0 Å². The molecule has 2 aliphatic rings. The van der Waals surface area contributed by atoms with Crippen molar-refractivity contribution in [3.63, 3.8) is 0 Å². The lowest BCUT2D eigenvalue weighted by molar-refractivity contribution is -0.385. The Bertz CT molecular complexity index is 1260. The molecule has 0 bridgehead atoms. The second kappa shape index (κ2) is 9.25. The molecule has 1 aliphatic carbocycles. The predicted molar refractivity (Wildman–Crippen MR) is 119 cm³/mol. The van der Waals surface area contributed by atoms with E-state index >= 15 is 0 Å². The van der Waals surface area contributed by atoms with Crippen LogP contribution in [0.4, 0.5) is 11.4 Å². The average molecular weight is 478 g/mol. The molecule has 0 unspecified atom stereocenters. The van der Waals surface area contributed by atoms with Crippen LogP contribution in [0.15, 0.2) is 60.7 Å². The third kappa shape index (κ3) is 4.40. The Kier molecular flexibility index (Phi) is 6.19. The lowest BCUT2D eigenvalue weighted by atomic mass is 9.85. The Hall–Kier alpha value is -4.74. The van der Waals surface area contributed by atoms with Crippen LogP contribution < -0.4 is 0 Å². The number of rotatable bonds is 7. The SMILES string of the molecule is O=C(CN(C(=O)c1cccc([N+](=O)[O-])c1)N1C(=O)[C@H]2CC=CC[C@@H]2C1=O)c1ccc([N+](=O)[O-])cc1. The van der Waals surface area contributed by atoms with Crippen molar-refractivity contribution in [2.24, 2.45) is 11.8 Å². The van der Waals surface area contributed by atoms with Crippen molar-refractivity contribution >= 4 is 34.9 Å². The predicted octanol–water partition coefficient (Wildman–Crippen LogP) is 2.69. The third-order valence-corrected chi connectivity index (χ3v) is 5.96. The number of non-ortho nitro benzene ring substituents is 2. The highest BCUT2D eigenvalue weighted by Crippen LogP contribution is 2.36. The Morgan fingerprint density at radius 3 is 1.97 bits per heavy atom. The van der Waals surface area contributed by atoms with E-state index in [9.17, 15) is 39.4 Å². The van der Waals surface area contributed by atoms with Crippen LogP contribution in [0.5, 0.6) is 0 Å². The van der Waals surface area contributed by atoms with Gasteiger partial charge in [-0.1, -0.05) is 18.2 Å². The molecule has 0 N–H and O–H groups in total. The molecule has 1 heterocycles. The van der Waals surface area contributed by atoms with E-state index in [-0.39, 0.29) is 22.5 Å². The van der Waals surface area contributed by atoms with Gasteiger partial charge in [0.15, 0.2) is 5.78 Å². The molecule has 1 saturated heterocycles. The summed E-state index contributed by atoms with van der Waals surface area (Å²) in [6.45, 7) is -0.732. The van der Waals surface area contributed by atoms with Crippen LogP contribution in [0.3, 0.4) is 0 Å². The zero-order valence-corrected chi connectivity index (χ0v) is 18.1. The molecule has 12 nitrogen and oxygen atoms in total. The molecule has 178 valence electrons. The molecule has 2 aromatic rings. The number of fused-ring (bicyclic) bond motifs is 1. The van der Waals surface area contributed by atoms with Gasteiger partial charge in [0.1, 0.15) is 6.54 Å². The van der Waals surface area contributed by atoms with Crippen molar-refractivity contribution in [1.29, 1.82) is 0 Å². The summed E-state index contributed by atoms with van der Waals surface area (Å²) in [6, 6.07) is 9.36. The number of allylic oxidation sites excluding steroid dienone is 2. The number of hydrogen-bond donors (Lipinski definition) is 0. The van der Waals surface area contributed by atoms with Gasteiger partial charge in [-0.15, -0.1) is 0 Å². The summed E-state index contributed by atoms with van der Waals surface area (Å²) in [5.41, 5.74) is -0.795. The quantitative estimate of drug-likeness (QED) is 0.193. The van der Waals surface area contributed by atoms with Gasteiger partial charge in [0.2, 0.25) is 0 Å². The van der Waals surface area contributed by atoms with Crippen LogP contribution in [0.1, 0.15) is 33.6 Å². The van der Waals surface area contributed by atoms with E-state index in [1.54, 1.807) is 12.2 Å². The number of nitrogens with zero attached hydrogens (tertiary/aromatic N) is 4. The topological polar surface area (TPSA) is 161 Å². The molecule has 0 radical (unpaired) electrons. The van der Waals surface area contributed by atoms with Gasteiger partial charge in [-0.2, -0.15) is 5.01 Å². The van der Waals surface area contributed by atoms with Gasteiger partial charge in [0.25, 0.3) is 29.1 Å². The van der Waals surface area contributed by atoms with Crippen LogP contribution in [-0.2, 0) is 9.59 Å².